The van der Waals surface area contributed by atoms with Gasteiger partial charge in [-0.15, -0.1) is 0 Å². The van der Waals surface area contributed by atoms with Gasteiger partial charge in [-0.2, -0.15) is 0 Å². The monoisotopic (exact) mass is 469 g/mol. The molecule has 0 amide bonds. The Morgan fingerprint density at radius 3 is 2.12 bits per heavy atom. The number of rotatable bonds is 9. The highest BCUT2D eigenvalue weighted by atomic mass is 17.2. The second-order valence-corrected chi connectivity index (χ2v) is 11.8. The van der Waals surface area contributed by atoms with Gasteiger partial charge in [0.2, 0.25) is 5.79 Å². The molecule has 6 aliphatic rings. The van der Waals surface area contributed by atoms with E-state index in [1.807, 2.05) is 7.11 Å². The SMILES string of the molecule is COC1(OO[C@H]2CC[C@@H](c3ccc(OCCN4CCCC4)cc3)CC2)C2CC3CC(C2)CC1C3. The van der Waals surface area contributed by atoms with E-state index in [2.05, 4.69) is 29.2 Å². The number of hydrogen-bond donors (Lipinski definition) is 0. The van der Waals surface area contributed by atoms with Crippen molar-refractivity contribution in [3.63, 3.8) is 0 Å². The van der Waals surface area contributed by atoms with E-state index in [4.69, 9.17) is 19.2 Å². The quantitative estimate of drug-likeness (QED) is 0.254. The lowest BCUT2D eigenvalue weighted by molar-refractivity contribution is -0.485. The summed E-state index contributed by atoms with van der Waals surface area (Å²) >= 11 is 0. The van der Waals surface area contributed by atoms with Crippen molar-refractivity contribution in [3.05, 3.63) is 29.8 Å². The van der Waals surface area contributed by atoms with E-state index in [-0.39, 0.29) is 6.10 Å². The fourth-order valence-electron chi connectivity index (χ4n) is 8.12. The van der Waals surface area contributed by atoms with Crippen molar-refractivity contribution in [1.29, 1.82) is 0 Å². The molecule has 6 fully saturated rings. The van der Waals surface area contributed by atoms with E-state index in [1.165, 1.54) is 63.6 Å². The molecule has 188 valence electrons. The summed E-state index contributed by atoms with van der Waals surface area (Å²) in [6.45, 7) is 4.29. The van der Waals surface area contributed by atoms with Gasteiger partial charge in [-0.3, -0.25) is 4.90 Å². The Bertz CT molecular complexity index is 769. The summed E-state index contributed by atoms with van der Waals surface area (Å²) in [5.41, 5.74) is 1.43. The van der Waals surface area contributed by atoms with Crippen LogP contribution in [0.5, 0.6) is 5.75 Å². The molecule has 1 aliphatic heterocycles. The average molecular weight is 470 g/mol. The van der Waals surface area contributed by atoms with Crippen molar-refractivity contribution in [3.8, 4) is 5.75 Å². The van der Waals surface area contributed by atoms with Crippen molar-refractivity contribution in [2.75, 3.05) is 33.4 Å². The van der Waals surface area contributed by atoms with Crippen molar-refractivity contribution in [2.45, 2.75) is 88.4 Å². The van der Waals surface area contributed by atoms with Crippen molar-refractivity contribution in [1.82, 2.24) is 4.90 Å². The number of nitrogens with zero attached hydrogens (tertiary/aromatic N) is 1. The molecule has 0 atom stereocenters. The summed E-state index contributed by atoms with van der Waals surface area (Å²) in [6.07, 6.45) is 13.7. The molecular weight excluding hydrogens is 426 g/mol. The topological polar surface area (TPSA) is 40.2 Å². The summed E-state index contributed by atoms with van der Waals surface area (Å²) in [5.74, 6) is 3.93. The third-order valence-electron chi connectivity index (χ3n) is 9.81. The van der Waals surface area contributed by atoms with E-state index in [0.29, 0.717) is 17.8 Å². The summed E-state index contributed by atoms with van der Waals surface area (Å²) in [7, 11) is 1.84. The molecule has 0 radical (unpaired) electrons. The van der Waals surface area contributed by atoms with Crippen molar-refractivity contribution >= 4 is 0 Å². The molecule has 4 bridgehead atoms. The van der Waals surface area contributed by atoms with Crippen LogP contribution in [0.2, 0.25) is 0 Å². The maximum Gasteiger partial charge on any atom is 0.207 e. The number of benzene rings is 1. The molecular formula is C29H43NO4. The molecule has 0 spiro atoms. The minimum absolute atomic E-state index is 0.189. The first-order valence-electron chi connectivity index (χ1n) is 14.1. The fourth-order valence-corrected chi connectivity index (χ4v) is 8.12. The number of methoxy groups -OCH3 is 1. The predicted molar refractivity (Wildman–Crippen MR) is 132 cm³/mol. The number of likely N-dealkylation sites (tertiary alicyclic amines) is 1. The van der Waals surface area contributed by atoms with Gasteiger partial charge >= 0.3 is 0 Å². The van der Waals surface area contributed by atoms with Crippen molar-refractivity contribution < 1.29 is 19.2 Å². The van der Waals surface area contributed by atoms with Gasteiger partial charge in [0.25, 0.3) is 0 Å². The summed E-state index contributed by atoms with van der Waals surface area (Å²) < 4.78 is 12.1. The lowest BCUT2D eigenvalue weighted by Crippen LogP contribution is -2.60. The normalized spacial score (nSPS) is 39.6. The third-order valence-corrected chi connectivity index (χ3v) is 9.81. The fraction of sp³-hybridized carbons (Fsp3) is 0.793. The first-order valence-corrected chi connectivity index (χ1v) is 14.1. The number of hydrogen-bond acceptors (Lipinski definition) is 5. The van der Waals surface area contributed by atoms with Gasteiger partial charge in [0.05, 0.1) is 6.10 Å². The standard InChI is InChI=1S/C29H43NO4/c1-31-29(25-17-21-16-22(19-25)20-26(29)18-21)34-33-28-10-6-24(7-11-28)23-4-8-27(9-5-23)32-15-14-30-12-2-3-13-30/h4-5,8-9,21-22,24-26,28H,2-3,6-7,10-20H2,1H3/t21?,22?,24-,25?,26?,28+,29?. The summed E-state index contributed by atoms with van der Waals surface area (Å²) in [4.78, 5) is 14.9. The van der Waals surface area contributed by atoms with E-state index in [0.717, 1.165) is 56.4 Å². The van der Waals surface area contributed by atoms with Gasteiger partial charge in [-0.25, -0.2) is 9.78 Å². The van der Waals surface area contributed by atoms with E-state index in [9.17, 15) is 0 Å². The molecule has 1 aromatic carbocycles. The second kappa shape index (κ2) is 10.1. The molecule has 5 aliphatic carbocycles. The second-order valence-electron chi connectivity index (χ2n) is 11.8. The summed E-state index contributed by atoms with van der Waals surface area (Å²) in [5, 5.41) is 0. The Labute approximate surface area is 205 Å². The lowest BCUT2D eigenvalue weighted by Gasteiger charge is -2.58. The molecule has 1 heterocycles. The van der Waals surface area contributed by atoms with Crippen LogP contribution in [0.15, 0.2) is 24.3 Å². The highest BCUT2D eigenvalue weighted by Crippen LogP contribution is 2.60. The van der Waals surface area contributed by atoms with E-state index < -0.39 is 5.79 Å². The van der Waals surface area contributed by atoms with E-state index >= 15 is 0 Å². The Morgan fingerprint density at radius 2 is 1.50 bits per heavy atom. The van der Waals surface area contributed by atoms with Crippen LogP contribution in [0.1, 0.15) is 82.1 Å². The minimum Gasteiger partial charge on any atom is -0.492 e. The Morgan fingerprint density at radius 1 is 0.853 bits per heavy atom. The van der Waals surface area contributed by atoms with Crippen LogP contribution in [0.4, 0.5) is 0 Å². The first-order chi connectivity index (χ1) is 16.7. The molecule has 7 rings (SSSR count). The average Bonchev–Trinajstić information content (AvgIpc) is 3.38. The zero-order chi connectivity index (χ0) is 23.0. The molecule has 5 nitrogen and oxygen atoms in total. The molecule has 0 N–H and O–H groups in total. The van der Waals surface area contributed by atoms with Crippen LogP contribution in [0, 0.1) is 23.7 Å². The zero-order valence-corrected chi connectivity index (χ0v) is 21.0. The smallest absolute Gasteiger partial charge is 0.207 e. The van der Waals surface area contributed by atoms with Gasteiger partial charge in [-0.05, 0) is 119 Å². The maximum absolute atomic E-state index is 6.28. The molecule has 0 unspecified atom stereocenters. The predicted octanol–water partition coefficient (Wildman–Crippen LogP) is 5.93. The zero-order valence-electron chi connectivity index (χ0n) is 21.0. The largest absolute Gasteiger partial charge is 0.492 e. The van der Waals surface area contributed by atoms with Crippen LogP contribution in [-0.2, 0) is 14.5 Å². The third kappa shape index (κ3) is 4.66. The molecule has 1 saturated heterocycles. The van der Waals surface area contributed by atoms with Crippen LogP contribution < -0.4 is 4.74 Å². The maximum atomic E-state index is 6.28. The highest BCUT2D eigenvalue weighted by molar-refractivity contribution is 5.29. The Balaban J connectivity index is 0.961. The van der Waals surface area contributed by atoms with Crippen LogP contribution in [0.25, 0.3) is 0 Å². The van der Waals surface area contributed by atoms with Crippen LogP contribution in [0.3, 0.4) is 0 Å². The lowest BCUT2D eigenvalue weighted by atomic mass is 9.53. The van der Waals surface area contributed by atoms with Crippen LogP contribution in [-0.4, -0.2) is 50.1 Å². The first kappa shape index (κ1) is 23.3. The molecule has 5 heteroatoms. The van der Waals surface area contributed by atoms with Crippen molar-refractivity contribution in [2.24, 2.45) is 23.7 Å². The molecule has 0 aromatic heterocycles. The molecule has 1 aromatic rings. The van der Waals surface area contributed by atoms with Gasteiger partial charge in [0.15, 0.2) is 0 Å². The van der Waals surface area contributed by atoms with Gasteiger partial charge < -0.3 is 9.47 Å². The minimum atomic E-state index is -0.491. The summed E-state index contributed by atoms with van der Waals surface area (Å²) in [6, 6.07) is 8.84. The van der Waals surface area contributed by atoms with E-state index in [1.54, 1.807) is 0 Å². The van der Waals surface area contributed by atoms with Gasteiger partial charge in [-0.1, -0.05) is 12.1 Å². The Kier molecular flexibility index (Phi) is 6.90. The van der Waals surface area contributed by atoms with Gasteiger partial charge in [0.1, 0.15) is 12.4 Å². The Hall–Kier alpha value is -1.14. The molecule has 5 saturated carbocycles. The number of ether oxygens (including phenoxy) is 2. The van der Waals surface area contributed by atoms with Crippen LogP contribution >= 0.6 is 0 Å². The van der Waals surface area contributed by atoms with Gasteiger partial charge in [0, 0.05) is 25.5 Å². The highest BCUT2D eigenvalue weighted by Gasteiger charge is 2.60. The molecule has 34 heavy (non-hydrogen) atoms.